The van der Waals surface area contributed by atoms with Gasteiger partial charge in [0, 0.05) is 17.1 Å². The summed E-state index contributed by atoms with van der Waals surface area (Å²) in [6, 6.07) is 13.4. The molecule has 146 valence electrons. The number of halogens is 1. The van der Waals surface area contributed by atoms with Gasteiger partial charge in [-0.2, -0.15) is 0 Å². The lowest BCUT2D eigenvalue weighted by molar-refractivity contribution is -0.122. The number of nitrogens with zero attached hydrogens (tertiary/aromatic N) is 2. The van der Waals surface area contributed by atoms with Crippen molar-refractivity contribution in [3.05, 3.63) is 63.5 Å². The molecule has 0 bridgehead atoms. The van der Waals surface area contributed by atoms with Crippen molar-refractivity contribution < 1.29 is 9.53 Å². The number of hydrogen-bond acceptors (Lipinski definition) is 4. The molecule has 6 heteroatoms. The lowest BCUT2D eigenvalue weighted by Gasteiger charge is -2.13. The van der Waals surface area contributed by atoms with E-state index < -0.39 is 0 Å². The van der Waals surface area contributed by atoms with E-state index in [-0.39, 0.29) is 12.0 Å². The smallest absolute Gasteiger partial charge is 0.266 e. The standard InChI is InChI=1S/C22H23ClN2O2S/c1-5-25-21(26)20(28-22(25)24-18-9-6-15(4)7-10-18)13-16-12-17(23)8-11-19(16)27-14(2)3/h6-14H,5H2,1-4H3/b20-13+,24-22?. The lowest BCUT2D eigenvalue weighted by atomic mass is 10.1. The SMILES string of the molecule is CCN1C(=O)/C(=C\c2cc(Cl)ccc2OC(C)C)SC1=Nc1ccc(C)cc1. The quantitative estimate of drug-likeness (QED) is 0.558. The summed E-state index contributed by atoms with van der Waals surface area (Å²) in [5.41, 5.74) is 2.78. The van der Waals surface area contributed by atoms with E-state index in [1.54, 1.807) is 11.0 Å². The van der Waals surface area contributed by atoms with Gasteiger partial charge in [0.1, 0.15) is 5.75 Å². The number of ether oxygens (including phenoxy) is 1. The third-order valence-corrected chi connectivity index (χ3v) is 5.33. The van der Waals surface area contributed by atoms with Gasteiger partial charge >= 0.3 is 0 Å². The number of hydrogen-bond donors (Lipinski definition) is 0. The van der Waals surface area contributed by atoms with Crippen LogP contribution in [0.4, 0.5) is 5.69 Å². The van der Waals surface area contributed by atoms with Gasteiger partial charge < -0.3 is 4.74 Å². The molecule has 0 spiro atoms. The van der Waals surface area contributed by atoms with E-state index in [0.29, 0.717) is 27.4 Å². The van der Waals surface area contributed by atoms with Crippen molar-refractivity contribution in [2.45, 2.75) is 33.8 Å². The van der Waals surface area contributed by atoms with Gasteiger partial charge in [-0.25, -0.2) is 4.99 Å². The summed E-state index contributed by atoms with van der Waals surface area (Å²) >= 11 is 7.54. The Kier molecular flexibility index (Phi) is 6.47. The molecule has 3 rings (SSSR count). The van der Waals surface area contributed by atoms with Gasteiger partial charge in [-0.1, -0.05) is 29.3 Å². The molecule has 0 atom stereocenters. The highest BCUT2D eigenvalue weighted by molar-refractivity contribution is 8.18. The summed E-state index contributed by atoms with van der Waals surface area (Å²) < 4.78 is 5.87. The number of amidine groups is 1. The zero-order chi connectivity index (χ0) is 20.3. The highest BCUT2D eigenvalue weighted by atomic mass is 35.5. The zero-order valence-corrected chi connectivity index (χ0v) is 18.0. The number of carbonyl (C=O) groups excluding carboxylic acids is 1. The second kappa shape index (κ2) is 8.84. The first-order valence-electron chi connectivity index (χ1n) is 9.20. The molecular weight excluding hydrogens is 392 g/mol. The van der Waals surface area contributed by atoms with Crippen LogP contribution in [0.2, 0.25) is 5.02 Å². The third kappa shape index (κ3) is 4.78. The maximum Gasteiger partial charge on any atom is 0.266 e. The Labute approximate surface area is 175 Å². The molecule has 1 amide bonds. The van der Waals surface area contributed by atoms with Gasteiger partial charge in [0.25, 0.3) is 5.91 Å². The molecule has 2 aromatic rings. The fraction of sp³-hybridized carbons (Fsp3) is 0.273. The molecule has 2 aromatic carbocycles. The van der Waals surface area contributed by atoms with Crippen LogP contribution in [0.15, 0.2) is 52.4 Å². The number of rotatable bonds is 5. The van der Waals surface area contributed by atoms with Crippen LogP contribution in [-0.2, 0) is 4.79 Å². The minimum absolute atomic E-state index is 0.0241. The van der Waals surface area contributed by atoms with Crippen LogP contribution in [0.25, 0.3) is 6.08 Å². The van der Waals surface area contributed by atoms with Crippen molar-refractivity contribution in [2.75, 3.05) is 6.54 Å². The highest BCUT2D eigenvalue weighted by Crippen LogP contribution is 2.36. The molecule has 0 unspecified atom stereocenters. The minimum Gasteiger partial charge on any atom is -0.490 e. The molecule has 1 fully saturated rings. The molecule has 1 aliphatic heterocycles. The molecule has 0 N–H and O–H groups in total. The number of thioether (sulfide) groups is 1. The maximum absolute atomic E-state index is 12.9. The van der Waals surface area contributed by atoms with Crippen molar-refractivity contribution in [1.29, 1.82) is 0 Å². The molecule has 28 heavy (non-hydrogen) atoms. The van der Waals surface area contributed by atoms with E-state index in [1.165, 1.54) is 17.3 Å². The van der Waals surface area contributed by atoms with Gasteiger partial charge in [-0.05, 0) is 75.9 Å². The first kappa shape index (κ1) is 20.5. The Morgan fingerprint density at radius 1 is 1.21 bits per heavy atom. The average molecular weight is 415 g/mol. The van der Waals surface area contributed by atoms with Crippen LogP contribution in [0, 0.1) is 6.92 Å². The summed E-state index contributed by atoms with van der Waals surface area (Å²) in [5, 5.41) is 1.27. The highest BCUT2D eigenvalue weighted by Gasteiger charge is 2.32. The van der Waals surface area contributed by atoms with E-state index in [2.05, 4.69) is 4.99 Å². The number of benzene rings is 2. The monoisotopic (exact) mass is 414 g/mol. The van der Waals surface area contributed by atoms with Crippen molar-refractivity contribution in [2.24, 2.45) is 4.99 Å². The van der Waals surface area contributed by atoms with Crippen LogP contribution in [0.5, 0.6) is 5.75 Å². The summed E-state index contributed by atoms with van der Waals surface area (Å²) in [6.07, 6.45) is 1.85. The fourth-order valence-electron chi connectivity index (χ4n) is 2.73. The normalized spacial score (nSPS) is 17.2. The predicted molar refractivity (Wildman–Crippen MR) is 118 cm³/mol. The van der Waals surface area contributed by atoms with Crippen LogP contribution < -0.4 is 4.74 Å². The van der Waals surface area contributed by atoms with E-state index in [9.17, 15) is 4.79 Å². The molecule has 4 nitrogen and oxygen atoms in total. The van der Waals surface area contributed by atoms with Crippen LogP contribution in [0.3, 0.4) is 0 Å². The van der Waals surface area contributed by atoms with Crippen LogP contribution in [0.1, 0.15) is 31.9 Å². The fourth-order valence-corrected chi connectivity index (χ4v) is 3.97. The Hall–Kier alpha value is -2.24. The molecule has 1 heterocycles. The largest absolute Gasteiger partial charge is 0.490 e. The molecule has 0 radical (unpaired) electrons. The first-order valence-corrected chi connectivity index (χ1v) is 10.4. The molecule has 0 aromatic heterocycles. The Morgan fingerprint density at radius 3 is 2.57 bits per heavy atom. The number of aryl methyl sites for hydroxylation is 1. The zero-order valence-electron chi connectivity index (χ0n) is 16.4. The minimum atomic E-state index is -0.0613. The molecule has 0 saturated carbocycles. The molecule has 1 saturated heterocycles. The summed E-state index contributed by atoms with van der Waals surface area (Å²) in [7, 11) is 0. The van der Waals surface area contributed by atoms with Gasteiger partial charge in [0.15, 0.2) is 5.17 Å². The van der Waals surface area contributed by atoms with Crippen molar-refractivity contribution >= 4 is 46.2 Å². The Bertz CT molecular complexity index is 936. The summed E-state index contributed by atoms with van der Waals surface area (Å²) in [4.78, 5) is 19.8. The third-order valence-electron chi connectivity index (χ3n) is 4.08. The summed E-state index contributed by atoms with van der Waals surface area (Å²) in [5.74, 6) is 0.640. The summed E-state index contributed by atoms with van der Waals surface area (Å²) in [6.45, 7) is 8.46. The van der Waals surface area contributed by atoms with E-state index in [1.807, 2.05) is 70.2 Å². The number of likely N-dealkylation sites (N-methyl/N-ethyl adjacent to an activating group) is 1. The number of carbonyl (C=O) groups is 1. The Balaban J connectivity index is 1.96. The second-order valence-electron chi connectivity index (χ2n) is 6.74. The van der Waals surface area contributed by atoms with Crippen LogP contribution in [-0.4, -0.2) is 28.6 Å². The molecular formula is C22H23ClN2O2S. The topological polar surface area (TPSA) is 41.9 Å². The van der Waals surface area contributed by atoms with Gasteiger partial charge in [0.2, 0.25) is 0 Å². The average Bonchev–Trinajstić information content (AvgIpc) is 2.93. The van der Waals surface area contributed by atoms with Gasteiger partial charge in [0.05, 0.1) is 16.7 Å². The number of aliphatic imine (C=N–C) groups is 1. The maximum atomic E-state index is 12.9. The van der Waals surface area contributed by atoms with Gasteiger partial charge in [-0.3, -0.25) is 9.69 Å². The van der Waals surface area contributed by atoms with Crippen molar-refractivity contribution in [3.8, 4) is 5.75 Å². The van der Waals surface area contributed by atoms with Crippen LogP contribution >= 0.6 is 23.4 Å². The first-order chi connectivity index (χ1) is 13.4. The van der Waals surface area contributed by atoms with E-state index in [0.717, 1.165) is 11.3 Å². The lowest BCUT2D eigenvalue weighted by Crippen LogP contribution is -2.28. The molecule has 1 aliphatic rings. The number of amides is 1. The molecule has 0 aliphatic carbocycles. The van der Waals surface area contributed by atoms with Gasteiger partial charge in [-0.15, -0.1) is 0 Å². The van der Waals surface area contributed by atoms with Crippen molar-refractivity contribution in [1.82, 2.24) is 4.90 Å². The van der Waals surface area contributed by atoms with E-state index >= 15 is 0 Å². The van der Waals surface area contributed by atoms with Crippen molar-refractivity contribution in [3.63, 3.8) is 0 Å². The van der Waals surface area contributed by atoms with E-state index in [4.69, 9.17) is 16.3 Å². The predicted octanol–water partition coefficient (Wildman–Crippen LogP) is 6.06. The Morgan fingerprint density at radius 2 is 1.93 bits per heavy atom. The second-order valence-corrected chi connectivity index (χ2v) is 8.18.